The Hall–Kier alpha value is -3.81. The summed E-state index contributed by atoms with van der Waals surface area (Å²) in [4.78, 5) is 25.7. The molecule has 140 valence electrons. The molecule has 2 heterocycles. The van der Waals surface area contributed by atoms with Crippen LogP contribution in [0.4, 0.5) is 5.69 Å². The molecule has 0 bridgehead atoms. The van der Waals surface area contributed by atoms with E-state index in [1.54, 1.807) is 47.2 Å². The maximum absolute atomic E-state index is 13.0. The maximum atomic E-state index is 13.0. The normalized spacial score (nSPS) is 11.1. The van der Waals surface area contributed by atoms with E-state index >= 15 is 0 Å². The number of nitrogens with one attached hydrogen (secondary N) is 1. The van der Waals surface area contributed by atoms with Gasteiger partial charge in [-0.1, -0.05) is 24.3 Å². The Morgan fingerprint density at radius 1 is 1.07 bits per heavy atom. The highest BCUT2D eigenvalue weighted by molar-refractivity contribution is 6.12. The monoisotopic (exact) mass is 374 g/mol. The lowest BCUT2D eigenvalue weighted by atomic mass is 10.1. The minimum Gasteiger partial charge on any atom is -0.322 e. The van der Waals surface area contributed by atoms with Crippen molar-refractivity contribution in [1.82, 2.24) is 24.8 Å². The summed E-state index contributed by atoms with van der Waals surface area (Å²) in [5.74, 6) is -0.292. The Labute approximate surface area is 160 Å². The Balaban J connectivity index is 1.75. The first-order valence-corrected chi connectivity index (χ1v) is 8.83. The van der Waals surface area contributed by atoms with Crippen LogP contribution in [0.1, 0.15) is 30.2 Å². The molecule has 0 aliphatic carbocycles. The van der Waals surface area contributed by atoms with Crippen LogP contribution in [0.3, 0.4) is 0 Å². The van der Waals surface area contributed by atoms with Crippen molar-refractivity contribution in [2.75, 3.05) is 5.32 Å². The summed E-state index contributed by atoms with van der Waals surface area (Å²) >= 11 is 0. The smallest absolute Gasteiger partial charge is 0.258 e. The lowest BCUT2D eigenvalue weighted by molar-refractivity contribution is 0.102. The van der Waals surface area contributed by atoms with Crippen LogP contribution in [0.2, 0.25) is 0 Å². The second kappa shape index (κ2) is 7.07. The van der Waals surface area contributed by atoms with E-state index in [1.165, 1.54) is 11.0 Å². The Morgan fingerprint density at radius 3 is 2.57 bits per heavy atom. The van der Waals surface area contributed by atoms with Gasteiger partial charge in [0.15, 0.2) is 0 Å². The van der Waals surface area contributed by atoms with E-state index in [0.717, 1.165) is 5.69 Å². The van der Waals surface area contributed by atoms with Crippen LogP contribution in [0.25, 0.3) is 16.5 Å². The fraction of sp³-hybridized carbons (Fsp3) is 0.150. The molecule has 1 N–H and O–H groups in total. The van der Waals surface area contributed by atoms with Gasteiger partial charge in [-0.2, -0.15) is 0 Å². The Kier molecular flexibility index (Phi) is 4.44. The number of carbonyl (C=O) groups excluding carboxylic acids is 1. The number of benzene rings is 2. The molecule has 4 aromatic rings. The summed E-state index contributed by atoms with van der Waals surface area (Å²) < 4.78 is 3.08. The van der Waals surface area contributed by atoms with Gasteiger partial charge >= 0.3 is 0 Å². The van der Waals surface area contributed by atoms with E-state index in [1.807, 2.05) is 26.0 Å². The summed E-state index contributed by atoms with van der Waals surface area (Å²) in [5, 5.41) is 15.1. The maximum Gasteiger partial charge on any atom is 0.258 e. The summed E-state index contributed by atoms with van der Waals surface area (Å²) in [6, 6.07) is 14.3. The van der Waals surface area contributed by atoms with Crippen LogP contribution in [0.5, 0.6) is 0 Å². The number of nitrogens with zero attached hydrogens (tertiary/aromatic N) is 5. The highest BCUT2D eigenvalue weighted by atomic mass is 16.2. The molecule has 1 amide bonds. The molecule has 2 aromatic carbocycles. The minimum atomic E-state index is -0.292. The van der Waals surface area contributed by atoms with Gasteiger partial charge in [-0.3, -0.25) is 9.59 Å². The van der Waals surface area contributed by atoms with Crippen molar-refractivity contribution < 1.29 is 4.79 Å². The molecule has 0 fully saturated rings. The number of hydrogen-bond donors (Lipinski definition) is 1. The van der Waals surface area contributed by atoms with Crippen LogP contribution in [-0.4, -0.2) is 30.7 Å². The molecular formula is C20H18N6O2. The van der Waals surface area contributed by atoms with Crippen molar-refractivity contribution in [3.05, 3.63) is 77.0 Å². The molecule has 0 saturated heterocycles. The van der Waals surface area contributed by atoms with E-state index in [4.69, 9.17) is 0 Å². The molecule has 28 heavy (non-hydrogen) atoms. The van der Waals surface area contributed by atoms with Crippen LogP contribution in [0, 0.1) is 0 Å². The van der Waals surface area contributed by atoms with Gasteiger partial charge in [-0.05, 0) is 48.5 Å². The lowest BCUT2D eigenvalue weighted by Gasteiger charge is -2.15. The molecule has 8 heteroatoms. The van der Waals surface area contributed by atoms with Crippen molar-refractivity contribution in [2.45, 2.75) is 19.9 Å². The summed E-state index contributed by atoms with van der Waals surface area (Å²) in [5.41, 5.74) is 1.66. The van der Waals surface area contributed by atoms with E-state index in [-0.39, 0.29) is 17.5 Å². The average Bonchev–Trinajstić information content (AvgIpc) is 3.23. The van der Waals surface area contributed by atoms with E-state index < -0.39 is 0 Å². The van der Waals surface area contributed by atoms with Gasteiger partial charge < -0.3 is 9.88 Å². The molecule has 0 aliphatic heterocycles. The first-order chi connectivity index (χ1) is 13.5. The topological polar surface area (TPSA) is 94.7 Å². The third kappa shape index (κ3) is 3.16. The molecule has 0 spiro atoms. The zero-order valence-corrected chi connectivity index (χ0v) is 15.4. The lowest BCUT2D eigenvalue weighted by Crippen LogP contribution is -2.25. The van der Waals surface area contributed by atoms with Gasteiger partial charge in [-0.25, -0.2) is 4.68 Å². The first-order valence-electron chi connectivity index (χ1n) is 8.83. The molecule has 0 radical (unpaired) electrons. The molecule has 0 aliphatic rings. The van der Waals surface area contributed by atoms with Gasteiger partial charge in [0.2, 0.25) is 0 Å². The molecule has 2 aromatic heterocycles. The number of fused-ring (bicyclic) bond motifs is 1. The minimum absolute atomic E-state index is 0.0631. The number of carbonyl (C=O) groups is 1. The van der Waals surface area contributed by atoms with E-state index in [2.05, 4.69) is 20.8 Å². The number of aromatic nitrogens is 5. The predicted octanol–water partition coefficient (Wildman–Crippen LogP) is 2.81. The predicted molar refractivity (Wildman–Crippen MR) is 106 cm³/mol. The third-order valence-corrected chi connectivity index (χ3v) is 4.47. The largest absolute Gasteiger partial charge is 0.322 e. The quantitative estimate of drug-likeness (QED) is 0.593. The highest BCUT2D eigenvalue weighted by Crippen LogP contribution is 2.20. The molecule has 8 nitrogen and oxygen atoms in total. The number of pyridine rings is 1. The molecular weight excluding hydrogens is 356 g/mol. The zero-order valence-electron chi connectivity index (χ0n) is 15.4. The fourth-order valence-corrected chi connectivity index (χ4v) is 3.08. The van der Waals surface area contributed by atoms with E-state index in [9.17, 15) is 9.59 Å². The van der Waals surface area contributed by atoms with Crippen molar-refractivity contribution in [1.29, 1.82) is 0 Å². The highest BCUT2D eigenvalue weighted by Gasteiger charge is 2.16. The fourth-order valence-electron chi connectivity index (χ4n) is 3.08. The molecule has 0 saturated carbocycles. The average molecular weight is 374 g/mol. The third-order valence-electron chi connectivity index (χ3n) is 4.47. The number of tetrazole rings is 1. The van der Waals surface area contributed by atoms with Crippen molar-refractivity contribution in [2.24, 2.45) is 0 Å². The van der Waals surface area contributed by atoms with E-state index in [0.29, 0.717) is 22.0 Å². The number of anilines is 1. The van der Waals surface area contributed by atoms with Gasteiger partial charge in [0.1, 0.15) is 6.33 Å². The van der Waals surface area contributed by atoms with Gasteiger partial charge in [-0.15, -0.1) is 5.10 Å². The molecule has 4 rings (SSSR count). The second-order valence-corrected chi connectivity index (χ2v) is 6.65. The van der Waals surface area contributed by atoms with Crippen LogP contribution < -0.4 is 10.9 Å². The van der Waals surface area contributed by atoms with Crippen molar-refractivity contribution >= 4 is 22.4 Å². The number of hydrogen-bond acceptors (Lipinski definition) is 5. The van der Waals surface area contributed by atoms with Gasteiger partial charge in [0, 0.05) is 28.7 Å². The summed E-state index contributed by atoms with van der Waals surface area (Å²) in [6.07, 6.45) is 3.10. The standard InChI is InChI=1S/C20H18N6O2/c1-13(2)25-11-18(16-8-3-4-9-17(16)20(25)28)19(27)22-14-6-5-7-15(10-14)26-12-21-23-24-26/h3-13H,1-2H3,(H,22,27). The zero-order chi connectivity index (χ0) is 19.7. The Bertz CT molecular complexity index is 1210. The molecule has 0 atom stereocenters. The molecule has 0 unspecified atom stereocenters. The summed E-state index contributed by atoms with van der Waals surface area (Å²) in [7, 11) is 0. The van der Waals surface area contributed by atoms with Crippen LogP contribution >= 0.6 is 0 Å². The van der Waals surface area contributed by atoms with Gasteiger partial charge in [0.25, 0.3) is 11.5 Å². The second-order valence-electron chi connectivity index (χ2n) is 6.65. The van der Waals surface area contributed by atoms with Gasteiger partial charge in [0.05, 0.1) is 11.3 Å². The van der Waals surface area contributed by atoms with Crippen LogP contribution in [-0.2, 0) is 0 Å². The first kappa shape index (κ1) is 17.6. The van der Waals surface area contributed by atoms with Crippen molar-refractivity contribution in [3.63, 3.8) is 0 Å². The number of amides is 1. The van der Waals surface area contributed by atoms with Crippen LogP contribution in [0.15, 0.2) is 65.8 Å². The van der Waals surface area contributed by atoms with Crippen molar-refractivity contribution in [3.8, 4) is 5.69 Å². The SMILES string of the molecule is CC(C)n1cc(C(=O)Nc2cccc(-n3cnnn3)c2)c2ccccc2c1=O. The Morgan fingerprint density at radius 2 is 1.86 bits per heavy atom. The number of rotatable bonds is 4. The summed E-state index contributed by atoms with van der Waals surface area (Å²) in [6.45, 7) is 3.82.